The van der Waals surface area contributed by atoms with Crippen LogP contribution in [0.3, 0.4) is 0 Å². The summed E-state index contributed by atoms with van der Waals surface area (Å²) in [6.45, 7) is 2.15. The topological polar surface area (TPSA) is 6.48 Å². The van der Waals surface area contributed by atoms with Gasteiger partial charge in [-0.2, -0.15) is 0 Å². The summed E-state index contributed by atoms with van der Waals surface area (Å²) in [6.07, 6.45) is 0. The van der Waals surface area contributed by atoms with Crippen LogP contribution in [0.25, 0.3) is 11.1 Å². The van der Waals surface area contributed by atoms with E-state index in [4.69, 9.17) is 0 Å². The molecule has 0 unspecified atom stereocenters. The predicted molar refractivity (Wildman–Crippen MR) is 166 cm³/mol. The minimum Gasteiger partial charge on any atom is -0.308 e. The molecule has 0 aromatic heterocycles. The molecular formula is C37H30N2. The average Bonchev–Trinajstić information content (AvgIpc) is 3.00. The summed E-state index contributed by atoms with van der Waals surface area (Å²) in [5.41, 5.74) is 10.3. The van der Waals surface area contributed by atoms with Crippen LogP contribution in [0.1, 0.15) is 5.56 Å². The van der Waals surface area contributed by atoms with Crippen LogP contribution in [0, 0.1) is 6.92 Å². The molecule has 0 fully saturated rings. The maximum absolute atomic E-state index is 2.36. The molecule has 0 atom stereocenters. The third-order valence-electron chi connectivity index (χ3n) is 6.88. The Hall–Kier alpha value is -5.08. The van der Waals surface area contributed by atoms with Crippen molar-refractivity contribution in [3.8, 4) is 11.1 Å². The van der Waals surface area contributed by atoms with Crippen LogP contribution in [0.4, 0.5) is 34.1 Å². The fourth-order valence-corrected chi connectivity index (χ4v) is 5.05. The fourth-order valence-electron chi connectivity index (χ4n) is 5.05. The van der Waals surface area contributed by atoms with Crippen LogP contribution in [0.2, 0.25) is 0 Å². The zero-order valence-electron chi connectivity index (χ0n) is 22.0. The van der Waals surface area contributed by atoms with E-state index < -0.39 is 0 Å². The van der Waals surface area contributed by atoms with Gasteiger partial charge >= 0.3 is 0 Å². The largest absolute Gasteiger partial charge is 0.308 e. The van der Waals surface area contributed by atoms with Crippen molar-refractivity contribution in [2.75, 3.05) is 9.80 Å². The summed E-state index contributed by atoms with van der Waals surface area (Å²) >= 11 is 0. The van der Waals surface area contributed by atoms with Gasteiger partial charge in [0.1, 0.15) is 0 Å². The van der Waals surface area contributed by atoms with Gasteiger partial charge in [0.25, 0.3) is 0 Å². The van der Waals surface area contributed by atoms with Crippen LogP contribution < -0.4 is 9.80 Å². The maximum Gasteiger partial charge on any atom is 0.0702 e. The number of aryl methyl sites for hydroxylation is 1. The number of rotatable bonds is 7. The molecule has 188 valence electrons. The van der Waals surface area contributed by atoms with Gasteiger partial charge in [-0.05, 0) is 84.3 Å². The molecule has 6 rings (SSSR count). The SMILES string of the molecule is Cc1cccc(N(c2ccc(-c3ccccc3)cc2)c2ccccc2N(c2ccccc2)c2ccccc2)c1. The summed E-state index contributed by atoms with van der Waals surface area (Å²) in [7, 11) is 0. The molecule has 0 radical (unpaired) electrons. The first-order chi connectivity index (χ1) is 19.3. The summed E-state index contributed by atoms with van der Waals surface area (Å²) < 4.78 is 0. The molecule has 2 heteroatoms. The van der Waals surface area contributed by atoms with E-state index in [0.717, 1.165) is 34.1 Å². The third-order valence-corrected chi connectivity index (χ3v) is 6.88. The van der Waals surface area contributed by atoms with Crippen molar-refractivity contribution in [3.05, 3.63) is 169 Å². The van der Waals surface area contributed by atoms with E-state index in [1.165, 1.54) is 16.7 Å². The summed E-state index contributed by atoms with van der Waals surface area (Å²) in [6, 6.07) is 57.9. The number of anilines is 6. The van der Waals surface area contributed by atoms with Crippen LogP contribution in [0.15, 0.2) is 164 Å². The average molecular weight is 503 g/mol. The smallest absolute Gasteiger partial charge is 0.0702 e. The molecule has 0 N–H and O–H groups in total. The Bertz CT molecular complexity index is 1600. The number of hydrogen-bond donors (Lipinski definition) is 0. The van der Waals surface area contributed by atoms with E-state index in [2.05, 4.69) is 181 Å². The first-order valence-electron chi connectivity index (χ1n) is 13.3. The first-order valence-corrected chi connectivity index (χ1v) is 13.3. The fraction of sp³-hybridized carbons (Fsp3) is 0.0270. The van der Waals surface area contributed by atoms with Crippen molar-refractivity contribution in [2.24, 2.45) is 0 Å². The summed E-state index contributed by atoms with van der Waals surface area (Å²) in [5.74, 6) is 0. The van der Waals surface area contributed by atoms with Gasteiger partial charge in [-0.1, -0.05) is 103 Å². The van der Waals surface area contributed by atoms with E-state index in [0.29, 0.717) is 0 Å². The highest BCUT2D eigenvalue weighted by Gasteiger charge is 2.21. The van der Waals surface area contributed by atoms with Gasteiger partial charge < -0.3 is 9.80 Å². The molecule has 39 heavy (non-hydrogen) atoms. The van der Waals surface area contributed by atoms with E-state index in [1.54, 1.807) is 0 Å². The van der Waals surface area contributed by atoms with Crippen LogP contribution >= 0.6 is 0 Å². The summed E-state index contributed by atoms with van der Waals surface area (Å²) in [5, 5.41) is 0. The van der Waals surface area contributed by atoms with Crippen LogP contribution in [-0.2, 0) is 0 Å². The Morgan fingerprint density at radius 1 is 0.333 bits per heavy atom. The molecule has 6 aromatic rings. The molecule has 0 bridgehead atoms. The van der Waals surface area contributed by atoms with Crippen molar-refractivity contribution in [3.63, 3.8) is 0 Å². The monoisotopic (exact) mass is 502 g/mol. The van der Waals surface area contributed by atoms with Gasteiger partial charge in [-0.25, -0.2) is 0 Å². The Morgan fingerprint density at radius 2 is 0.744 bits per heavy atom. The van der Waals surface area contributed by atoms with Gasteiger partial charge in [0, 0.05) is 22.7 Å². The van der Waals surface area contributed by atoms with Gasteiger partial charge in [-0.3, -0.25) is 0 Å². The van der Waals surface area contributed by atoms with Crippen molar-refractivity contribution in [2.45, 2.75) is 6.92 Å². The molecule has 0 aliphatic heterocycles. The van der Waals surface area contributed by atoms with Crippen LogP contribution in [-0.4, -0.2) is 0 Å². The second kappa shape index (κ2) is 11.1. The molecule has 0 aliphatic carbocycles. The molecule has 2 nitrogen and oxygen atoms in total. The standard InChI is InChI=1S/C37H30N2/c1-29-14-13-21-35(28-29)39(34-26-24-31(25-27-34)30-15-5-2-6-16-30)37-23-12-11-22-36(37)38(32-17-7-3-8-18-32)33-19-9-4-10-20-33/h2-28H,1H3. The highest BCUT2D eigenvalue weighted by atomic mass is 15.2. The predicted octanol–water partition coefficient (Wildman–Crippen LogP) is 10.6. The molecule has 0 saturated carbocycles. The normalized spacial score (nSPS) is 10.7. The second-order valence-electron chi connectivity index (χ2n) is 9.58. The number of benzene rings is 6. The molecule has 0 spiro atoms. The highest BCUT2D eigenvalue weighted by Crippen LogP contribution is 2.45. The van der Waals surface area contributed by atoms with Crippen molar-refractivity contribution in [1.82, 2.24) is 0 Å². The molecular weight excluding hydrogens is 472 g/mol. The quantitative estimate of drug-likeness (QED) is 0.214. The Balaban J connectivity index is 1.54. The summed E-state index contributed by atoms with van der Waals surface area (Å²) in [4.78, 5) is 4.69. The van der Waals surface area contributed by atoms with E-state index in [1.807, 2.05) is 0 Å². The Kier molecular flexibility index (Phi) is 6.92. The van der Waals surface area contributed by atoms with E-state index in [9.17, 15) is 0 Å². The second-order valence-corrected chi connectivity index (χ2v) is 9.58. The minimum absolute atomic E-state index is 1.10. The van der Waals surface area contributed by atoms with Gasteiger partial charge in [0.15, 0.2) is 0 Å². The minimum atomic E-state index is 1.10. The Morgan fingerprint density at radius 3 is 1.28 bits per heavy atom. The Labute approximate surface area is 231 Å². The molecule has 0 saturated heterocycles. The number of para-hydroxylation sites is 4. The van der Waals surface area contributed by atoms with Gasteiger partial charge in [-0.15, -0.1) is 0 Å². The lowest BCUT2D eigenvalue weighted by molar-refractivity contribution is 1.22. The lowest BCUT2D eigenvalue weighted by atomic mass is 10.0. The number of nitrogens with zero attached hydrogens (tertiary/aromatic N) is 2. The van der Waals surface area contributed by atoms with E-state index in [-0.39, 0.29) is 0 Å². The van der Waals surface area contributed by atoms with Gasteiger partial charge in [0.05, 0.1) is 11.4 Å². The third kappa shape index (κ3) is 5.18. The lowest BCUT2D eigenvalue weighted by Gasteiger charge is -2.33. The number of hydrogen-bond acceptors (Lipinski definition) is 2. The molecule has 6 aromatic carbocycles. The van der Waals surface area contributed by atoms with Gasteiger partial charge in [0.2, 0.25) is 0 Å². The van der Waals surface area contributed by atoms with Crippen LogP contribution in [0.5, 0.6) is 0 Å². The maximum atomic E-state index is 2.36. The highest BCUT2D eigenvalue weighted by molar-refractivity contribution is 5.91. The first kappa shape index (κ1) is 24.3. The van der Waals surface area contributed by atoms with Crippen molar-refractivity contribution >= 4 is 34.1 Å². The lowest BCUT2D eigenvalue weighted by Crippen LogP contribution is -2.17. The molecule has 0 aliphatic rings. The molecule has 0 heterocycles. The van der Waals surface area contributed by atoms with E-state index >= 15 is 0 Å². The zero-order valence-corrected chi connectivity index (χ0v) is 22.0. The van der Waals surface area contributed by atoms with Crippen molar-refractivity contribution in [1.29, 1.82) is 0 Å². The van der Waals surface area contributed by atoms with Crippen molar-refractivity contribution < 1.29 is 0 Å². The molecule has 0 amide bonds. The zero-order chi connectivity index (χ0) is 26.4.